The van der Waals surface area contributed by atoms with Crippen molar-refractivity contribution in [1.29, 1.82) is 0 Å². The predicted molar refractivity (Wildman–Crippen MR) is 75.4 cm³/mol. The molecule has 2 N–H and O–H groups in total. The number of hydrogen-bond donors (Lipinski definition) is 1. The molecule has 18 heavy (non-hydrogen) atoms. The minimum atomic E-state index is 0.0352. The minimum absolute atomic E-state index is 0.0352. The summed E-state index contributed by atoms with van der Waals surface area (Å²) in [4.78, 5) is 6.84. The van der Waals surface area contributed by atoms with Crippen molar-refractivity contribution in [2.45, 2.75) is 51.6 Å². The Hall–Kier alpha value is -0.930. The molecule has 1 aliphatic heterocycles. The standard InChI is InChI=1S/C15H25N3/c1-4-15(3,18-7-5-6-8-18)14(16)13-9-12(2)10-17-11-13/h9-11,14H,4-8,16H2,1-3H3. The Bertz CT molecular complexity index is 398. The fourth-order valence-electron chi connectivity index (χ4n) is 2.98. The normalized spacial score (nSPS) is 21.8. The minimum Gasteiger partial charge on any atom is -0.322 e. The van der Waals surface area contributed by atoms with E-state index >= 15 is 0 Å². The summed E-state index contributed by atoms with van der Waals surface area (Å²) in [6.45, 7) is 8.96. The summed E-state index contributed by atoms with van der Waals surface area (Å²) in [5, 5.41) is 0. The zero-order chi connectivity index (χ0) is 13.2. The summed E-state index contributed by atoms with van der Waals surface area (Å²) in [5.74, 6) is 0. The smallest absolute Gasteiger partial charge is 0.0494 e. The van der Waals surface area contributed by atoms with Gasteiger partial charge in [0.2, 0.25) is 0 Å². The molecule has 100 valence electrons. The van der Waals surface area contributed by atoms with E-state index in [9.17, 15) is 0 Å². The van der Waals surface area contributed by atoms with Crippen molar-refractivity contribution in [1.82, 2.24) is 9.88 Å². The van der Waals surface area contributed by atoms with Gasteiger partial charge in [-0.3, -0.25) is 9.88 Å². The van der Waals surface area contributed by atoms with Gasteiger partial charge in [-0.25, -0.2) is 0 Å². The van der Waals surface area contributed by atoms with Gasteiger partial charge in [-0.15, -0.1) is 0 Å². The van der Waals surface area contributed by atoms with Crippen LogP contribution in [0.2, 0.25) is 0 Å². The maximum atomic E-state index is 6.55. The van der Waals surface area contributed by atoms with Crippen LogP contribution in [0.25, 0.3) is 0 Å². The van der Waals surface area contributed by atoms with Crippen LogP contribution in [0.3, 0.4) is 0 Å². The molecule has 0 aliphatic carbocycles. The van der Waals surface area contributed by atoms with E-state index in [1.165, 1.54) is 31.5 Å². The number of aromatic nitrogens is 1. The van der Waals surface area contributed by atoms with E-state index in [0.29, 0.717) is 0 Å². The lowest BCUT2D eigenvalue weighted by Gasteiger charge is -2.43. The van der Waals surface area contributed by atoms with Crippen molar-refractivity contribution in [2.75, 3.05) is 13.1 Å². The van der Waals surface area contributed by atoms with Gasteiger partial charge in [0.1, 0.15) is 0 Å². The second-order valence-corrected chi connectivity index (χ2v) is 5.68. The first kappa shape index (κ1) is 13.5. The molecule has 1 aliphatic rings. The van der Waals surface area contributed by atoms with Gasteiger partial charge in [0.25, 0.3) is 0 Å². The molecule has 0 bridgehead atoms. The molecular formula is C15H25N3. The lowest BCUT2D eigenvalue weighted by atomic mass is 9.84. The van der Waals surface area contributed by atoms with E-state index < -0.39 is 0 Å². The average molecular weight is 247 g/mol. The highest BCUT2D eigenvalue weighted by molar-refractivity contribution is 5.23. The number of nitrogens with two attached hydrogens (primary N) is 1. The van der Waals surface area contributed by atoms with Crippen LogP contribution in [0, 0.1) is 6.92 Å². The Labute approximate surface area is 110 Å². The zero-order valence-electron chi connectivity index (χ0n) is 11.8. The summed E-state index contributed by atoms with van der Waals surface area (Å²) < 4.78 is 0. The SMILES string of the molecule is CCC(C)(C(N)c1cncc(C)c1)N1CCCC1. The lowest BCUT2D eigenvalue weighted by Crippen LogP contribution is -2.51. The Kier molecular flexibility index (Phi) is 4.03. The van der Waals surface area contributed by atoms with Crippen LogP contribution in [0.4, 0.5) is 0 Å². The van der Waals surface area contributed by atoms with E-state index in [1.54, 1.807) is 0 Å². The third kappa shape index (κ3) is 2.43. The fourth-order valence-corrected chi connectivity index (χ4v) is 2.98. The molecule has 1 fully saturated rings. The monoisotopic (exact) mass is 247 g/mol. The van der Waals surface area contributed by atoms with Crippen LogP contribution in [0.15, 0.2) is 18.5 Å². The first-order valence-corrected chi connectivity index (χ1v) is 7.00. The van der Waals surface area contributed by atoms with Gasteiger partial charge in [-0.1, -0.05) is 13.0 Å². The zero-order valence-corrected chi connectivity index (χ0v) is 11.8. The van der Waals surface area contributed by atoms with E-state index in [2.05, 4.69) is 36.7 Å². The number of hydrogen-bond acceptors (Lipinski definition) is 3. The highest BCUT2D eigenvalue weighted by atomic mass is 15.2. The van der Waals surface area contributed by atoms with Crippen LogP contribution in [0.5, 0.6) is 0 Å². The molecule has 3 heteroatoms. The molecule has 2 atom stereocenters. The fraction of sp³-hybridized carbons (Fsp3) is 0.667. The van der Waals surface area contributed by atoms with Crippen LogP contribution < -0.4 is 5.73 Å². The van der Waals surface area contributed by atoms with E-state index in [0.717, 1.165) is 12.0 Å². The lowest BCUT2D eigenvalue weighted by molar-refractivity contribution is 0.0999. The molecule has 0 radical (unpaired) electrons. The van der Waals surface area contributed by atoms with E-state index in [-0.39, 0.29) is 11.6 Å². The number of pyridine rings is 1. The van der Waals surface area contributed by atoms with Gasteiger partial charge in [0.05, 0.1) is 0 Å². The Morgan fingerprint density at radius 3 is 2.61 bits per heavy atom. The summed E-state index contributed by atoms with van der Waals surface area (Å²) in [5.41, 5.74) is 8.94. The summed E-state index contributed by atoms with van der Waals surface area (Å²) in [7, 11) is 0. The third-order valence-electron chi connectivity index (χ3n) is 4.47. The molecule has 2 rings (SSSR count). The molecule has 2 unspecified atom stereocenters. The van der Waals surface area contributed by atoms with Crippen molar-refractivity contribution in [3.8, 4) is 0 Å². The quantitative estimate of drug-likeness (QED) is 0.889. The highest BCUT2D eigenvalue weighted by Crippen LogP contribution is 2.34. The predicted octanol–water partition coefficient (Wildman–Crippen LogP) is 2.65. The molecule has 1 aromatic rings. The second-order valence-electron chi connectivity index (χ2n) is 5.68. The van der Waals surface area contributed by atoms with Crippen molar-refractivity contribution < 1.29 is 0 Å². The maximum Gasteiger partial charge on any atom is 0.0494 e. The van der Waals surface area contributed by atoms with Gasteiger partial charge in [0, 0.05) is 24.0 Å². The summed E-state index contributed by atoms with van der Waals surface area (Å²) >= 11 is 0. The van der Waals surface area contributed by atoms with Crippen molar-refractivity contribution in [3.05, 3.63) is 29.6 Å². The van der Waals surface area contributed by atoms with E-state index in [1.807, 2.05) is 12.4 Å². The third-order valence-corrected chi connectivity index (χ3v) is 4.47. The molecule has 1 saturated heterocycles. The molecule has 0 amide bonds. The maximum absolute atomic E-state index is 6.55. The number of rotatable bonds is 4. The molecule has 0 aromatic carbocycles. The first-order valence-electron chi connectivity index (χ1n) is 7.00. The number of aryl methyl sites for hydroxylation is 1. The van der Waals surface area contributed by atoms with Crippen molar-refractivity contribution >= 4 is 0 Å². The van der Waals surface area contributed by atoms with E-state index in [4.69, 9.17) is 5.73 Å². The largest absolute Gasteiger partial charge is 0.322 e. The number of likely N-dealkylation sites (tertiary alicyclic amines) is 1. The Balaban J connectivity index is 2.26. The second kappa shape index (κ2) is 5.37. The molecule has 0 spiro atoms. The Morgan fingerprint density at radius 1 is 1.39 bits per heavy atom. The summed E-state index contributed by atoms with van der Waals surface area (Å²) in [6, 6.07) is 2.20. The van der Waals surface area contributed by atoms with Gasteiger partial charge < -0.3 is 5.73 Å². The molecule has 0 saturated carbocycles. The van der Waals surface area contributed by atoms with Gasteiger partial charge in [-0.05, 0) is 57.3 Å². The van der Waals surface area contributed by atoms with Crippen molar-refractivity contribution in [3.63, 3.8) is 0 Å². The van der Waals surface area contributed by atoms with Gasteiger partial charge in [0.15, 0.2) is 0 Å². The van der Waals surface area contributed by atoms with Gasteiger partial charge >= 0.3 is 0 Å². The first-order chi connectivity index (χ1) is 8.58. The molecule has 3 nitrogen and oxygen atoms in total. The van der Waals surface area contributed by atoms with Crippen molar-refractivity contribution in [2.24, 2.45) is 5.73 Å². The summed E-state index contributed by atoms with van der Waals surface area (Å²) in [6.07, 6.45) is 7.47. The van der Waals surface area contributed by atoms with Crippen LogP contribution >= 0.6 is 0 Å². The van der Waals surface area contributed by atoms with Crippen LogP contribution in [-0.2, 0) is 0 Å². The number of nitrogens with zero attached hydrogens (tertiary/aromatic N) is 2. The molecule has 2 heterocycles. The highest BCUT2D eigenvalue weighted by Gasteiger charge is 2.38. The topological polar surface area (TPSA) is 42.1 Å². The average Bonchev–Trinajstić information content (AvgIpc) is 2.91. The Morgan fingerprint density at radius 2 is 2.06 bits per heavy atom. The molecular weight excluding hydrogens is 222 g/mol. The van der Waals surface area contributed by atoms with Gasteiger partial charge in [-0.2, -0.15) is 0 Å². The van der Waals surface area contributed by atoms with Crippen LogP contribution in [-0.4, -0.2) is 28.5 Å². The van der Waals surface area contributed by atoms with Crippen LogP contribution in [0.1, 0.15) is 50.3 Å². The molecule has 1 aromatic heterocycles.